The van der Waals surface area contributed by atoms with Gasteiger partial charge in [0, 0.05) is 46.4 Å². The van der Waals surface area contributed by atoms with Crippen LogP contribution in [-0.2, 0) is 17.9 Å². The number of ether oxygens (including phenoxy) is 3. The van der Waals surface area contributed by atoms with E-state index in [4.69, 9.17) is 19.3 Å². The third kappa shape index (κ3) is 4.00. The number of carbonyl (C=O) groups is 1. The molecule has 9 nitrogen and oxygen atoms in total. The molecule has 6 rings (SSSR count). The van der Waals surface area contributed by atoms with Crippen molar-refractivity contribution in [1.82, 2.24) is 24.5 Å². The van der Waals surface area contributed by atoms with Gasteiger partial charge in [0.1, 0.15) is 18.1 Å². The Morgan fingerprint density at radius 1 is 1.32 bits per heavy atom. The van der Waals surface area contributed by atoms with Crippen LogP contribution in [0.4, 0.5) is 0 Å². The van der Waals surface area contributed by atoms with Crippen LogP contribution in [0.1, 0.15) is 29.9 Å². The molecule has 2 aliphatic rings. The number of nitrogens with zero attached hydrogens (tertiary/aromatic N) is 5. The SMILES string of the molecule is C=CCn1cc(-c2cc3c(cc2OC)OCc2c(C(=O)N4CCOCC4(C)C)nn(-c4ccsc4)c2-3)cn1. The normalized spacial score (nSPS) is 15.9. The highest BCUT2D eigenvalue weighted by Gasteiger charge is 2.39. The second kappa shape index (κ2) is 9.45. The summed E-state index contributed by atoms with van der Waals surface area (Å²) in [5.41, 5.74) is 5.12. The van der Waals surface area contributed by atoms with Crippen molar-refractivity contribution in [2.45, 2.75) is 32.5 Å². The molecule has 1 amide bonds. The fraction of sp³-hybridized carbons (Fsp3) is 0.321. The second-order valence-corrected chi connectivity index (χ2v) is 10.7. The van der Waals surface area contributed by atoms with Crippen LogP contribution >= 0.6 is 11.3 Å². The summed E-state index contributed by atoms with van der Waals surface area (Å²) in [6.45, 7) is 10.2. The minimum absolute atomic E-state index is 0.116. The molecular formula is C28H29N5O4S. The van der Waals surface area contributed by atoms with Crippen molar-refractivity contribution < 1.29 is 19.0 Å². The van der Waals surface area contributed by atoms with Crippen molar-refractivity contribution in [1.29, 1.82) is 0 Å². The maximum Gasteiger partial charge on any atom is 0.275 e. The maximum atomic E-state index is 13.9. The zero-order valence-electron chi connectivity index (χ0n) is 21.6. The van der Waals surface area contributed by atoms with Crippen LogP contribution in [0, 0.1) is 0 Å². The smallest absolute Gasteiger partial charge is 0.275 e. The van der Waals surface area contributed by atoms with E-state index in [1.807, 2.05) is 69.5 Å². The average molecular weight is 532 g/mol. The standard InChI is InChI=1S/C28H29N5O4S/c1-5-7-31-14-18(13-29-31)20-11-21-24(12-23(20)35-4)37-15-22-25(27(34)32-8-9-36-17-28(32,2)3)30-33(26(21)22)19-6-10-38-16-19/h5-6,10-14,16H,1,7-9,15,17H2,2-4H3. The van der Waals surface area contributed by atoms with Gasteiger partial charge in [-0.2, -0.15) is 21.5 Å². The number of amides is 1. The molecule has 4 aromatic rings. The van der Waals surface area contributed by atoms with E-state index < -0.39 is 5.54 Å². The first-order valence-corrected chi connectivity index (χ1v) is 13.4. The number of fused-ring (bicyclic) bond motifs is 3. The molecule has 0 bridgehead atoms. The van der Waals surface area contributed by atoms with Gasteiger partial charge in [-0.15, -0.1) is 6.58 Å². The van der Waals surface area contributed by atoms with E-state index in [2.05, 4.69) is 11.7 Å². The molecule has 3 aromatic heterocycles. The lowest BCUT2D eigenvalue weighted by atomic mass is 9.96. The minimum Gasteiger partial charge on any atom is -0.496 e. The van der Waals surface area contributed by atoms with Crippen molar-refractivity contribution in [2.75, 3.05) is 26.9 Å². The predicted molar refractivity (Wildman–Crippen MR) is 145 cm³/mol. The van der Waals surface area contributed by atoms with Crippen molar-refractivity contribution in [2.24, 2.45) is 0 Å². The number of allylic oxidation sites excluding steroid dienone is 1. The molecule has 1 saturated heterocycles. The summed E-state index contributed by atoms with van der Waals surface area (Å²) in [5.74, 6) is 1.24. The Morgan fingerprint density at radius 3 is 2.92 bits per heavy atom. The summed E-state index contributed by atoms with van der Waals surface area (Å²) in [5, 5.41) is 13.4. The highest BCUT2D eigenvalue weighted by atomic mass is 32.1. The number of morpholine rings is 1. The third-order valence-electron chi connectivity index (χ3n) is 7.02. The summed E-state index contributed by atoms with van der Waals surface area (Å²) in [6.07, 6.45) is 5.57. The molecule has 1 fully saturated rings. The van der Waals surface area contributed by atoms with E-state index in [9.17, 15) is 4.79 Å². The van der Waals surface area contributed by atoms with Crippen LogP contribution in [0.25, 0.3) is 28.1 Å². The van der Waals surface area contributed by atoms with E-state index in [1.165, 1.54) is 0 Å². The van der Waals surface area contributed by atoms with Gasteiger partial charge in [-0.25, -0.2) is 4.68 Å². The Kier molecular flexibility index (Phi) is 6.08. The molecule has 38 heavy (non-hydrogen) atoms. The summed E-state index contributed by atoms with van der Waals surface area (Å²) in [6, 6.07) is 5.94. The van der Waals surface area contributed by atoms with Gasteiger partial charge in [0.05, 0.1) is 50.0 Å². The molecule has 0 atom stereocenters. The first-order valence-electron chi connectivity index (χ1n) is 12.4. The number of benzene rings is 1. The molecule has 1 aromatic carbocycles. The van der Waals surface area contributed by atoms with E-state index >= 15 is 0 Å². The van der Waals surface area contributed by atoms with Crippen molar-refractivity contribution in [3.05, 3.63) is 65.3 Å². The maximum absolute atomic E-state index is 13.9. The topological polar surface area (TPSA) is 83.6 Å². The molecule has 0 spiro atoms. The molecule has 196 valence electrons. The van der Waals surface area contributed by atoms with Crippen LogP contribution in [0.5, 0.6) is 11.5 Å². The predicted octanol–water partition coefficient (Wildman–Crippen LogP) is 4.80. The fourth-order valence-electron chi connectivity index (χ4n) is 5.11. The Labute approximate surface area is 224 Å². The summed E-state index contributed by atoms with van der Waals surface area (Å²) >= 11 is 1.58. The Hall–Kier alpha value is -3.89. The van der Waals surface area contributed by atoms with Gasteiger partial charge >= 0.3 is 0 Å². The van der Waals surface area contributed by atoms with Gasteiger partial charge < -0.3 is 19.1 Å². The second-order valence-electron chi connectivity index (χ2n) is 9.97. The number of carbonyl (C=O) groups excluding carboxylic acids is 1. The monoisotopic (exact) mass is 531 g/mol. The van der Waals surface area contributed by atoms with Gasteiger partial charge in [0.25, 0.3) is 5.91 Å². The lowest BCUT2D eigenvalue weighted by molar-refractivity contribution is -0.0374. The van der Waals surface area contributed by atoms with Crippen LogP contribution < -0.4 is 9.47 Å². The van der Waals surface area contributed by atoms with Crippen molar-refractivity contribution in [3.63, 3.8) is 0 Å². The Balaban J connectivity index is 1.53. The van der Waals surface area contributed by atoms with Crippen LogP contribution in [0.2, 0.25) is 0 Å². The fourth-order valence-corrected chi connectivity index (χ4v) is 5.72. The molecule has 0 unspecified atom stereocenters. The number of hydrogen-bond donors (Lipinski definition) is 0. The number of hydrogen-bond acceptors (Lipinski definition) is 7. The highest BCUT2D eigenvalue weighted by Crippen LogP contribution is 2.46. The third-order valence-corrected chi connectivity index (χ3v) is 7.69. The molecule has 10 heteroatoms. The molecule has 2 aliphatic heterocycles. The number of thiophene rings is 1. The zero-order valence-corrected chi connectivity index (χ0v) is 22.5. The summed E-state index contributed by atoms with van der Waals surface area (Å²) in [7, 11) is 1.64. The van der Waals surface area contributed by atoms with E-state index in [0.717, 1.165) is 33.6 Å². The molecular weight excluding hydrogens is 502 g/mol. The molecule has 0 radical (unpaired) electrons. The summed E-state index contributed by atoms with van der Waals surface area (Å²) < 4.78 is 21.3. The van der Waals surface area contributed by atoms with E-state index in [0.29, 0.717) is 43.5 Å². The van der Waals surface area contributed by atoms with Gasteiger partial charge in [0.15, 0.2) is 5.69 Å². The molecule has 0 aliphatic carbocycles. The quantitative estimate of drug-likeness (QED) is 0.332. The minimum atomic E-state index is -0.437. The average Bonchev–Trinajstić information content (AvgIpc) is 3.67. The first-order chi connectivity index (χ1) is 18.4. The van der Waals surface area contributed by atoms with Gasteiger partial charge in [0.2, 0.25) is 0 Å². The van der Waals surface area contributed by atoms with Gasteiger partial charge in [-0.1, -0.05) is 6.08 Å². The van der Waals surface area contributed by atoms with Crippen molar-refractivity contribution in [3.8, 4) is 39.6 Å². The summed E-state index contributed by atoms with van der Waals surface area (Å²) in [4.78, 5) is 15.8. The van der Waals surface area contributed by atoms with Crippen molar-refractivity contribution >= 4 is 17.2 Å². The lowest BCUT2D eigenvalue weighted by Crippen LogP contribution is -2.55. The van der Waals surface area contributed by atoms with Gasteiger partial charge in [-0.05, 0) is 31.4 Å². The lowest BCUT2D eigenvalue weighted by Gasteiger charge is -2.41. The number of methoxy groups -OCH3 is 1. The Bertz CT molecular complexity index is 1520. The first kappa shape index (κ1) is 24.4. The Morgan fingerprint density at radius 2 is 2.18 bits per heavy atom. The number of aromatic nitrogens is 4. The molecule has 0 N–H and O–H groups in total. The van der Waals surface area contributed by atoms with Crippen LogP contribution in [0.3, 0.4) is 0 Å². The van der Waals surface area contributed by atoms with Gasteiger partial charge in [-0.3, -0.25) is 9.48 Å². The van der Waals surface area contributed by atoms with Crippen LogP contribution in [-0.4, -0.2) is 62.8 Å². The van der Waals surface area contributed by atoms with Crippen LogP contribution in [0.15, 0.2) is 54.0 Å². The van der Waals surface area contributed by atoms with E-state index in [-0.39, 0.29) is 12.5 Å². The molecule has 0 saturated carbocycles. The highest BCUT2D eigenvalue weighted by molar-refractivity contribution is 7.08. The number of rotatable bonds is 6. The van der Waals surface area contributed by atoms with E-state index in [1.54, 1.807) is 24.5 Å². The zero-order chi connectivity index (χ0) is 26.4. The molecule has 5 heterocycles. The largest absolute Gasteiger partial charge is 0.496 e.